The van der Waals surface area contributed by atoms with Crippen molar-refractivity contribution in [2.24, 2.45) is 4.99 Å². The molecule has 0 radical (unpaired) electrons. The Bertz CT molecular complexity index is 903. The minimum absolute atomic E-state index is 0.00256. The molecule has 26 heavy (non-hydrogen) atoms. The first-order valence-corrected chi connectivity index (χ1v) is 9.13. The summed E-state index contributed by atoms with van der Waals surface area (Å²) in [4.78, 5) is 30.1. The van der Waals surface area contributed by atoms with E-state index in [1.54, 1.807) is 31.9 Å². The molecule has 4 rings (SSSR count). The number of carbonyl (C=O) groups is 1. The van der Waals surface area contributed by atoms with Gasteiger partial charge in [-0.2, -0.15) is 0 Å². The van der Waals surface area contributed by atoms with Crippen LogP contribution in [0.25, 0.3) is 0 Å². The smallest absolute Gasteiger partial charge is 0.255 e. The van der Waals surface area contributed by atoms with Gasteiger partial charge in [0.15, 0.2) is 0 Å². The first kappa shape index (κ1) is 16.8. The molecule has 0 bridgehead atoms. The Hall–Kier alpha value is -2.68. The van der Waals surface area contributed by atoms with E-state index >= 15 is 0 Å². The molecule has 9 heteroatoms. The van der Waals surface area contributed by atoms with Gasteiger partial charge in [-0.15, -0.1) is 11.8 Å². The molecule has 2 aromatic heterocycles. The second kappa shape index (κ2) is 6.56. The number of amides is 1. The fraction of sp³-hybridized carbons (Fsp3) is 0.353. The molecule has 0 saturated heterocycles. The Morgan fingerprint density at radius 3 is 2.96 bits per heavy atom. The van der Waals surface area contributed by atoms with E-state index in [1.165, 1.54) is 0 Å². The first-order valence-electron chi connectivity index (χ1n) is 8.18. The molecule has 134 valence electrons. The number of pyridine rings is 1. The number of rotatable bonds is 3. The lowest BCUT2D eigenvalue weighted by atomic mass is 9.92. The fourth-order valence-corrected chi connectivity index (χ4v) is 4.43. The van der Waals surface area contributed by atoms with Gasteiger partial charge in [-0.1, -0.05) is 6.07 Å². The third-order valence-corrected chi connectivity index (χ3v) is 5.60. The Morgan fingerprint density at radius 1 is 1.31 bits per heavy atom. The van der Waals surface area contributed by atoms with Crippen molar-refractivity contribution in [2.45, 2.75) is 30.7 Å². The average Bonchev–Trinajstić information content (AvgIpc) is 3.10. The maximum atomic E-state index is 12.6. The standard InChI is InChI=1S/C17H18N6O2S/c1-8-13-10(23-17(18)20-8)6-11(22-16(13)24)14-15(26-7-19-14)9-4-3-5-12(21-9)25-2/h3-5,7,11,14-15H,6H2,1-2H3,(H,22,24)(H2,18,20,23)/t11-,14?,15?/m0/s1. The number of nitrogens with one attached hydrogen (secondary N) is 1. The number of thioether (sulfide) groups is 1. The normalized spacial score (nSPS) is 24.2. The highest BCUT2D eigenvalue weighted by atomic mass is 32.2. The van der Waals surface area contributed by atoms with Gasteiger partial charge >= 0.3 is 0 Å². The van der Waals surface area contributed by atoms with Crippen LogP contribution in [0.15, 0.2) is 23.2 Å². The summed E-state index contributed by atoms with van der Waals surface area (Å²) in [6.07, 6.45) is 0.553. The van der Waals surface area contributed by atoms with Gasteiger partial charge < -0.3 is 15.8 Å². The number of aliphatic imine (C=N–C) groups is 1. The predicted octanol–water partition coefficient (Wildman–Crippen LogP) is 1.31. The number of methoxy groups -OCH3 is 1. The third kappa shape index (κ3) is 2.88. The van der Waals surface area contributed by atoms with E-state index in [0.717, 1.165) is 5.69 Å². The molecule has 0 spiro atoms. The van der Waals surface area contributed by atoms with E-state index in [0.29, 0.717) is 29.3 Å². The van der Waals surface area contributed by atoms with Crippen molar-refractivity contribution in [1.29, 1.82) is 0 Å². The van der Waals surface area contributed by atoms with Crippen molar-refractivity contribution in [1.82, 2.24) is 20.3 Å². The number of aryl methyl sites for hydroxylation is 1. The van der Waals surface area contributed by atoms with Gasteiger partial charge in [-0.05, 0) is 13.0 Å². The third-order valence-electron chi connectivity index (χ3n) is 4.55. The van der Waals surface area contributed by atoms with E-state index in [4.69, 9.17) is 10.5 Å². The average molecular weight is 370 g/mol. The Balaban J connectivity index is 1.64. The van der Waals surface area contributed by atoms with Crippen LogP contribution in [0.2, 0.25) is 0 Å². The van der Waals surface area contributed by atoms with Crippen molar-refractivity contribution < 1.29 is 9.53 Å². The van der Waals surface area contributed by atoms with Crippen LogP contribution in [0.4, 0.5) is 5.95 Å². The number of anilines is 1. The minimum Gasteiger partial charge on any atom is -0.481 e. The highest BCUT2D eigenvalue weighted by molar-refractivity contribution is 8.12. The quantitative estimate of drug-likeness (QED) is 0.837. The van der Waals surface area contributed by atoms with Crippen LogP contribution in [0.3, 0.4) is 0 Å². The van der Waals surface area contributed by atoms with E-state index in [9.17, 15) is 4.79 Å². The lowest BCUT2D eigenvalue weighted by Gasteiger charge is -2.31. The molecular formula is C17H18N6O2S. The number of nitrogens with zero attached hydrogens (tertiary/aromatic N) is 4. The van der Waals surface area contributed by atoms with Crippen LogP contribution in [0.5, 0.6) is 5.88 Å². The Morgan fingerprint density at radius 2 is 2.15 bits per heavy atom. The van der Waals surface area contributed by atoms with Gasteiger partial charge in [0.05, 0.1) is 52.6 Å². The zero-order valence-electron chi connectivity index (χ0n) is 14.3. The van der Waals surface area contributed by atoms with Gasteiger partial charge in [0.25, 0.3) is 5.91 Å². The van der Waals surface area contributed by atoms with Gasteiger partial charge in [0.1, 0.15) is 0 Å². The largest absolute Gasteiger partial charge is 0.481 e. The number of ether oxygens (including phenoxy) is 1. The predicted molar refractivity (Wildman–Crippen MR) is 99.5 cm³/mol. The number of hydrogen-bond acceptors (Lipinski definition) is 8. The van der Waals surface area contributed by atoms with Gasteiger partial charge in [-0.3, -0.25) is 9.79 Å². The van der Waals surface area contributed by atoms with Crippen molar-refractivity contribution >= 4 is 29.2 Å². The van der Waals surface area contributed by atoms with E-state index in [-0.39, 0.29) is 29.2 Å². The molecule has 1 amide bonds. The van der Waals surface area contributed by atoms with Crippen molar-refractivity contribution in [3.8, 4) is 5.88 Å². The molecule has 2 aromatic rings. The zero-order valence-corrected chi connectivity index (χ0v) is 15.2. The van der Waals surface area contributed by atoms with Crippen LogP contribution in [0, 0.1) is 6.92 Å². The number of fused-ring (bicyclic) bond motifs is 1. The highest BCUT2D eigenvalue weighted by Gasteiger charge is 2.39. The maximum absolute atomic E-state index is 12.6. The molecule has 3 atom stereocenters. The molecular weight excluding hydrogens is 352 g/mol. The molecule has 2 aliphatic rings. The monoisotopic (exact) mass is 370 g/mol. The molecule has 8 nitrogen and oxygen atoms in total. The molecule has 2 aliphatic heterocycles. The van der Waals surface area contributed by atoms with Crippen LogP contribution >= 0.6 is 11.8 Å². The fourth-order valence-electron chi connectivity index (χ4n) is 3.40. The molecule has 4 heterocycles. The van der Waals surface area contributed by atoms with E-state index < -0.39 is 0 Å². The van der Waals surface area contributed by atoms with Crippen molar-refractivity contribution in [3.05, 3.63) is 40.8 Å². The molecule has 2 unspecified atom stereocenters. The summed E-state index contributed by atoms with van der Waals surface area (Å²) in [5.74, 6) is 0.561. The second-order valence-corrected chi connectivity index (χ2v) is 7.17. The lowest BCUT2D eigenvalue weighted by molar-refractivity contribution is 0.0915. The lowest BCUT2D eigenvalue weighted by Crippen LogP contribution is -2.49. The number of aromatic nitrogens is 3. The summed E-state index contributed by atoms with van der Waals surface area (Å²) in [7, 11) is 1.59. The molecule has 0 aromatic carbocycles. The molecule has 0 saturated carbocycles. The van der Waals surface area contributed by atoms with E-state index in [1.807, 2.05) is 17.7 Å². The van der Waals surface area contributed by atoms with Crippen LogP contribution in [-0.4, -0.2) is 45.6 Å². The molecule has 3 N–H and O–H groups in total. The van der Waals surface area contributed by atoms with Gasteiger partial charge in [0, 0.05) is 12.5 Å². The van der Waals surface area contributed by atoms with E-state index in [2.05, 4.69) is 25.3 Å². The number of nitrogens with two attached hydrogens (primary N) is 1. The number of nitrogen functional groups attached to an aromatic ring is 1. The Kier molecular flexibility index (Phi) is 4.23. The summed E-state index contributed by atoms with van der Waals surface area (Å²) in [6, 6.07) is 5.33. The number of hydrogen-bond donors (Lipinski definition) is 2. The van der Waals surface area contributed by atoms with Crippen LogP contribution in [0.1, 0.15) is 32.7 Å². The second-order valence-electron chi connectivity index (χ2n) is 6.18. The van der Waals surface area contributed by atoms with Gasteiger partial charge in [-0.25, -0.2) is 15.0 Å². The van der Waals surface area contributed by atoms with Crippen LogP contribution in [-0.2, 0) is 6.42 Å². The topological polar surface area (TPSA) is 115 Å². The zero-order chi connectivity index (χ0) is 18.3. The highest BCUT2D eigenvalue weighted by Crippen LogP contribution is 2.39. The summed E-state index contributed by atoms with van der Waals surface area (Å²) in [6.45, 7) is 1.77. The molecule has 0 aliphatic carbocycles. The maximum Gasteiger partial charge on any atom is 0.255 e. The summed E-state index contributed by atoms with van der Waals surface area (Å²) >= 11 is 1.59. The van der Waals surface area contributed by atoms with Crippen LogP contribution < -0.4 is 15.8 Å². The summed E-state index contributed by atoms with van der Waals surface area (Å²) in [5, 5.41) is 3.05. The van der Waals surface area contributed by atoms with Gasteiger partial charge in [0.2, 0.25) is 11.8 Å². The SMILES string of the molecule is COc1cccc(C2SC=NC2[C@@H]2Cc3nc(N)nc(C)c3C(=O)N2)n1. The number of carbonyl (C=O) groups excluding carboxylic acids is 1. The van der Waals surface area contributed by atoms with Crippen molar-refractivity contribution in [3.63, 3.8) is 0 Å². The Labute approximate surface area is 154 Å². The first-order chi connectivity index (χ1) is 12.6. The summed E-state index contributed by atoms with van der Waals surface area (Å²) in [5.41, 5.74) is 10.2. The minimum atomic E-state index is -0.187. The molecule has 0 fully saturated rings. The summed E-state index contributed by atoms with van der Waals surface area (Å²) < 4.78 is 5.22. The van der Waals surface area contributed by atoms with Crippen molar-refractivity contribution in [2.75, 3.05) is 12.8 Å².